The summed E-state index contributed by atoms with van der Waals surface area (Å²) in [4.78, 5) is 4.40. The van der Waals surface area contributed by atoms with Crippen LogP contribution in [0.2, 0.25) is 0 Å². The minimum atomic E-state index is 1.11. The number of pyridine rings is 1. The summed E-state index contributed by atoms with van der Waals surface area (Å²) < 4.78 is 0. The van der Waals surface area contributed by atoms with E-state index in [1.807, 2.05) is 18.5 Å². The average molecular weight is 812 g/mol. The van der Waals surface area contributed by atoms with Gasteiger partial charge in [-0.05, 0) is 158 Å². The van der Waals surface area contributed by atoms with Crippen molar-refractivity contribution in [2.24, 2.45) is 0 Å². The van der Waals surface area contributed by atoms with Crippen molar-refractivity contribution in [2.75, 3.05) is 0 Å². The van der Waals surface area contributed by atoms with E-state index in [1.54, 1.807) is 0 Å². The van der Waals surface area contributed by atoms with Crippen molar-refractivity contribution >= 4 is 32.3 Å². The van der Waals surface area contributed by atoms with Crippen LogP contribution in [0.25, 0.3) is 121 Å². The van der Waals surface area contributed by atoms with Crippen LogP contribution in [0.4, 0.5) is 0 Å². The van der Waals surface area contributed by atoms with Gasteiger partial charge < -0.3 is 0 Å². The van der Waals surface area contributed by atoms with Crippen molar-refractivity contribution in [1.82, 2.24) is 4.98 Å². The molecule has 64 heavy (non-hydrogen) atoms. The lowest BCUT2D eigenvalue weighted by molar-refractivity contribution is 1.33. The normalized spacial score (nSPS) is 11.4. The predicted octanol–water partition coefficient (Wildman–Crippen LogP) is 17.3. The number of hydrogen-bond acceptors (Lipinski definition) is 1. The smallest absolute Gasteiger partial charge is 0.0346 e. The largest absolute Gasteiger partial charge is 0.264 e. The molecule has 0 spiro atoms. The van der Waals surface area contributed by atoms with Crippen molar-refractivity contribution in [3.05, 3.63) is 249 Å². The monoisotopic (exact) mass is 811 g/mol. The van der Waals surface area contributed by atoms with E-state index in [-0.39, 0.29) is 0 Å². The molecule has 1 aromatic heterocycles. The second-order valence-electron chi connectivity index (χ2n) is 16.7. The number of hydrogen-bond donors (Lipinski definition) is 0. The van der Waals surface area contributed by atoms with Crippen LogP contribution in [-0.4, -0.2) is 4.98 Å². The summed E-state index contributed by atoms with van der Waals surface area (Å²) in [6.07, 6.45) is 3.76. The zero-order valence-corrected chi connectivity index (χ0v) is 35.1. The molecule has 0 saturated heterocycles. The maximum Gasteiger partial charge on any atom is 0.0346 e. The fourth-order valence-corrected chi connectivity index (χ4v) is 9.81. The van der Waals surface area contributed by atoms with Gasteiger partial charge in [0.2, 0.25) is 0 Å². The molecule has 12 aromatic rings. The van der Waals surface area contributed by atoms with E-state index in [0.717, 1.165) is 11.1 Å². The molecule has 298 valence electrons. The second-order valence-corrected chi connectivity index (χ2v) is 16.7. The fourth-order valence-electron chi connectivity index (χ4n) is 9.81. The highest BCUT2D eigenvalue weighted by Gasteiger charge is 2.22. The summed E-state index contributed by atoms with van der Waals surface area (Å²) in [7, 11) is 0. The molecule has 11 aromatic carbocycles. The van der Waals surface area contributed by atoms with Crippen molar-refractivity contribution in [1.29, 1.82) is 0 Å². The highest BCUT2D eigenvalue weighted by atomic mass is 14.6. The molecule has 0 aliphatic carbocycles. The molecule has 0 radical (unpaired) electrons. The van der Waals surface area contributed by atoms with Gasteiger partial charge in [-0.25, -0.2) is 0 Å². The van der Waals surface area contributed by atoms with Gasteiger partial charge in [0.25, 0.3) is 0 Å². The SMILES string of the molecule is c1ccc(-c2cccc(-c3cc(-c4ccc(-c5cccnc5)cc4)c4ccc5c(-c6cccc(-c7ccccc7)c6)cc(-c6cccc(-c7ccccc7)c6)c6ccc3c4c56)c2)cc1. The summed E-state index contributed by atoms with van der Waals surface area (Å²) in [5.74, 6) is 0. The van der Waals surface area contributed by atoms with Crippen molar-refractivity contribution in [3.63, 3.8) is 0 Å². The molecule has 0 aliphatic rings. The van der Waals surface area contributed by atoms with Crippen LogP contribution in [0.3, 0.4) is 0 Å². The molecule has 0 atom stereocenters. The predicted molar refractivity (Wildman–Crippen MR) is 271 cm³/mol. The van der Waals surface area contributed by atoms with Crippen LogP contribution >= 0.6 is 0 Å². The van der Waals surface area contributed by atoms with Gasteiger partial charge in [-0.15, -0.1) is 0 Å². The Kier molecular flexibility index (Phi) is 9.24. The van der Waals surface area contributed by atoms with Gasteiger partial charge in [0.1, 0.15) is 0 Å². The lowest BCUT2D eigenvalue weighted by Crippen LogP contribution is -1.95. The van der Waals surface area contributed by atoms with Crippen LogP contribution in [0.15, 0.2) is 249 Å². The van der Waals surface area contributed by atoms with Gasteiger partial charge in [-0.2, -0.15) is 0 Å². The van der Waals surface area contributed by atoms with Gasteiger partial charge in [0.15, 0.2) is 0 Å². The molecule has 0 fully saturated rings. The first-order valence-corrected chi connectivity index (χ1v) is 22.0. The van der Waals surface area contributed by atoms with Crippen molar-refractivity contribution in [2.45, 2.75) is 0 Å². The minimum absolute atomic E-state index is 1.11. The van der Waals surface area contributed by atoms with Crippen LogP contribution in [0.5, 0.6) is 0 Å². The van der Waals surface area contributed by atoms with Crippen LogP contribution in [0.1, 0.15) is 0 Å². The molecule has 0 aliphatic heterocycles. The van der Waals surface area contributed by atoms with Crippen molar-refractivity contribution < 1.29 is 0 Å². The third-order valence-electron chi connectivity index (χ3n) is 12.9. The Balaban J connectivity index is 1.17. The number of benzene rings is 11. The Labute approximate surface area is 373 Å². The van der Waals surface area contributed by atoms with Gasteiger partial charge in [0.05, 0.1) is 0 Å². The Hall–Kier alpha value is -8.39. The molecule has 1 nitrogen and oxygen atoms in total. The van der Waals surface area contributed by atoms with Gasteiger partial charge >= 0.3 is 0 Å². The standard InChI is InChI=1S/C63H41N/c1-4-14-42(15-5-1)47-20-10-23-50(36-47)59-39-58(46-29-27-45(28-30-46)53-26-13-35-64-41-53)54-31-32-56-60(51-24-11-21-48(37-51)43-16-6-2-7-17-43)40-61(57-34-33-55(59)62(54)63(56)57)52-25-12-22-49(38-52)44-18-8-3-9-19-44/h1-41H. The third kappa shape index (κ3) is 6.63. The zero-order valence-electron chi connectivity index (χ0n) is 35.1. The topological polar surface area (TPSA) is 12.9 Å². The molecule has 0 bridgehead atoms. The lowest BCUT2D eigenvalue weighted by Gasteiger charge is -2.22. The van der Waals surface area contributed by atoms with E-state index in [4.69, 9.17) is 0 Å². The maximum absolute atomic E-state index is 4.40. The zero-order chi connectivity index (χ0) is 42.4. The molecular formula is C63H41N. The summed E-state index contributed by atoms with van der Waals surface area (Å²) in [6.45, 7) is 0. The van der Waals surface area contributed by atoms with E-state index in [1.165, 1.54) is 110 Å². The van der Waals surface area contributed by atoms with Crippen LogP contribution < -0.4 is 0 Å². The van der Waals surface area contributed by atoms with Crippen LogP contribution in [0, 0.1) is 0 Å². The van der Waals surface area contributed by atoms with E-state index in [2.05, 4.69) is 236 Å². The van der Waals surface area contributed by atoms with Crippen LogP contribution in [-0.2, 0) is 0 Å². The number of nitrogens with zero attached hydrogens (tertiary/aromatic N) is 1. The summed E-state index contributed by atoms with van der Waals surface area (Å²) in [5.41, 5.74) is 19.1. The second kappa shape index (κ2) is 15.8. The Morgan fingerprint density at radius 2 is 0.516 bits per heavy atom. The fraction of sp³-hybridized carbons (Fsp3) is 0. The first-order valence-electron chi connectivity index (χ1n) is 22.0. The molecule has 0 N–H and O–H groups in total. The van der Waals surface area contributed by atoms with Gasteiger partial charge in [-0.3, -0.25) is 4.98 Å². The molecule has 12 rings (SSSR count). The van der Waals surface area contributed by atoms with E-state index < -0.39 is 0 Å². The van der Waals surface area contributed by atoms with Gasteiger partial charge in [0, 0.05) is 12.4 Å². The highest BCUT2D eigenvalue weighted by Crippen LogP contribution is 2.49. The Morgan fingerprint density at radius 3 is 0.891 bits per heavy atom. The first-order chi connectivity index (χ1) is 31.7. The van der Waals surface area contributed by atoms with E-state index in [9.17, 15) is 0 Å². The molecule has 0 amide bonds. The highest BCUT2D eigenvalue weighted by molar-refractivity contribution is 6.32. The molecule has 1 heteroatoms. The van der Waals surface area contributed by atoms with E-state index >= 15 is 0 Å². The Morgan fingerprint density at radius 1 is 0.203 bits per heavy atom. The average Bonchev–Trinajstić information content (AvgIpc) is 3.39. The van der Waals surface area contributed by atoms with Gasteiger partial charge in [-0.1, -0.05) is 200 Å². The molecule has 0 saturated carbocycles. The molecule has 0 unspecified atom stereocenters. The quantitative estimate of drug-likeness (QED) is 0.139. The Bertz CT molecular complexity index is 3510. The molecule has 1 heterocycles. The lowest BCUT2D eigenvalue weighted by atomic mass is 9.81. The van der Waals surface area contributed by atoms with E-state index in [0.29, 0.717) is 0 Å². The third-order valence-corrected chi connectivity index (χ3v) is 12.9. The summed E-state index contributed by atoms with van der Waals surface area (Å²) in [5, 5.41) is 7.54. The first kappa shape index (κ1) is 37.4. The minimum Gasteiger partial charge on any atom is -0.264 e. The summed E-state index contributed by atoms with van der Waals surface area (Å²) in [6, 6.07) is 86.8. The van der Waals surface area contributed by atoms with Crippen molar-refractivity contribution in [3.8, 4) is 89.0 Å². The number of rotatable bonds is 8. The summed E-state index contributed by atoms with van der Waals surface area (Å²) >= 11 is 0. The molecular weight excluding hydrogens is 771 g/mol. The maximum atomic E-state index is 4.40. The number of aromatic nitrogens is 1.